The monoisotopic (exact) mass is 225 g/mol. The summed E-state index contributed by atoms with van der Waals surface area (Å²) in [6, 6.07) is 0. The molecule has 1 aliphatic carbocycles. The van der Waals surface area contributed by atoms with Gasteiger partial charge in [0.25, 0.3) is 0 Å². The highest BCUT2D eigenvalue weighted by Crippen LogP contribution is 2.21. The zero-order valence-electron chi connectivity index (χ0n) is 11.5. The molecule has 0 heterocycles. The van der Waals surface area contributed by atoms with Crippen molar-refractivity contribution in [2.24, 2.45) is 0 Å². The first-order valence-electron chi connectivity index (χ1n) is 6.36. The lowest BCUT2D eigenvalue weighted by Gasteiger charge is -2.24. The summed E-state index contributed by atoms with van der Waals surface area (Å²) >= 11 is 0. The van der Waals surface area contributed by atoms with E-state index in [2.05, 4.69) is 31.0 Å². The average molecular weight is 225 g/mol. The standard InChI is InChI=1S/C12H21NO.C2H6/c1-4-11-5-7-12(8-6-11)13(2)9-10-14-3;1-2/h5,7H,4,6,8-10H2,1-3H3;1-2H3. The van der Waals surface area contributed by atoms with E-state index in [1.807, 2.05) is 13.8 Å². The maximum absolute atomic E-state index is 5.06. The summed E-state index contributed by atoms with van der Waals surface area (Å²) in [6.07, 6.45) is 8.10. The van der Waals surface area contributed by atoms with Crippen LogP contribution in [0.4, 0.5) is 0 Å². The second-order valence-electron chi connectivity index (χ2n) is 3.75. The molecule has 0 amide bonds. The van der Waals surface area contributed by atoms with Gasteiger partial charge in [-0.2, -0.15) is 0 Å². The Morgan fingerprint density at radius 3 is 2.38 bits per heavy atom. The van der Waals surface area contributed by atoms with Crippen LogP contribution in [-0.4, -0.2) is 32.2 Å². The molecule has 0 spiro atoms. The molecule has 2 nitrogen and oxygen atoms in total. The summed E-state index contributed by atoms with van der Waals surface area (Å²) in [5, 5.41) is 0. The minimum atomic E-state index is 0.804. The maximum Gasteiger partial charge on any atom is 0.0637 e. The van der Waals surface area contributed by atoms with Crippen molar-refractivity contribution in [1.82, 2.24) is 4.90 Å². The van der Waals surface area contributed by atoms with E-state index < -0.39 is 0 Å². The fourth-order valence-corrected chi connectivity index (χ4v) is 1.65. The van der Waals surface area contributed by atoms with E-state index in [0.717, 1.165) is 13.2 Å². The molecule has 0 aromatic heterocycles. The normalized spacial score (nSPS) is 14.6. The molecule has 0 bridgehead atoms. The van der Waals surface area contributed by atoms with Gasteiger partial charge in [0.05, 0.1) is 6.61 Å². The fraction of sp³-hybridized carbons (Fsp3) is 0.714. The quantitative estimate of drug-likeness (QED) is 0.709. The molecule has 94 valence electrons. The van der Waals surface area contributed by atoms with Gasteiger partial charge in [-0.3, -0.25) is 0 Å². The van der Waals surface area contributed by atoms with Crippen LogP contribution in [0.15, 0.2) is 23.4 Å². The van der Waals surface area contributed by atoms with Crippen LogP contribution in [0.25, 0.3) is 0 Å². The Balaban J connectivity index is 0.00000106. The topological polar surface area (TPSA) is 12.5 Å². The molecular weight excluding hydrogens is 198 g/mol. The molecule has 0 atom stereocenters. The molecule has 0 aliphatic heterocycles. The molecule has 1 rings (SSSR count). The molecule has 0 aromatic carbocycles. The summed E-state index contributed by atoms with van der Waals surface area (Å²) in [5.74, 6) is 0. The molecule has 0 aromatic rings. The van der Waals surface area contributed by atoms with E-state index in [1.165, 1.54) is 25.0 Å². The number of likely N-dealkylation sites (N-methyl/N-ethyl adjacent to an activating group) is 1. The van der Waals surface area contributed by atoms with E-state index in [4.69, 9.17) is 4.74 Å². The second-order valence-corrected chi connectivity index (χ2v) is 3.75. The van der Waals surface area contributed by atoms with Crippen molar-refractivity contribution in [3.05, 3.63) is 23.4 Å². The van der Waals surface area contributed by atoms with Gasteiger partial charge in [-0.05, 0) is 25.3 Å². The van der Waals surface area contributed by atoms with Crippen molar-refractivity contribution in [3.8, 4) is 0 Å². The smallest absolute Gasteiger partial charge is 0.0637 e. The molecule has 0 radical (unpaired) electrons. The summed E-state index contributed by atoms with van der Waals surface area (Å²) < 4.78 is 5.06. The van der Waals surface area contributed by atoms with Gasteiger partial charge in [-0.25, -0.2) is 0 Å². The van der Waals surface area contributed by atoms with Crippen molar-refractivity contribution < 1.29 is 4.74 Å². The predicted molar refractivity (Wildman–Crippen MR) is 71.5 cm³/mol. The zero-order valence-corrected chi connectivity index (χ0v) is 11.5. The first-order valence-corrected chi connectivity index (χ1v) is 6.36. The van der Waals surface area contributed by atoms with Gasteiger partial charge in [0, 0.05) is 26.4 Å². The van der Waals surface area contributed by atoms with E-state index >= 15 is 0 Å². The summed E-state index contributed by atoms with van der Waals surface area (Å²) in [5.41, 5.74) is 2.99. The lowest BCUT2D eigenvalue weighted by molar-refractivity contribution is 0.172. The molecule has 1 aliphatic rings. The van der Waals surface area contributed by atoms with E-state index in [-0.39, 0.29) is 0 Å². The zero-order chi connectivity index (χ0) is 12.4. The third-order valence-corrected chi connectivity index (χ3v) is 2.79. The largest absolute Gasteiger partial charge is 0.383 e. The van der Waals surface area contributed by atoms with Crippen molar-refractivity contribution >= 4 is 0 Å². The van der Waals surface area contributed by atoms with Crippen LogP contribution in [0, 0.1) is 0 Å². The molecule has 0 saturated carbocycles. The summed E-state index contributed by atoms with van der Waals surface area (Å²) in [4.78, 5) is 2.28. The SMILES string of the molecule is CC.CCC1=CC=C(N(C)CCOC)CC1. The number of allylic oxidation sites excluding steroid dienone is 4. The highest BCUT2D eigenvalue weighted by atomic mass is 16.5. The van der Waals surface area contributed by atoms with Crippen molar-refractivity contribution in [1.29, 1.82) is 0 Å². The van der Waals surface area contributed by atoms with Crippen molar-refractivity contribution in [2.75, 3.05) is 27.3 Å². The van der Waals surface area contributed by atoms with Crippen LogP contribution in [0.3, 0.4) is 0 Å². The Morgan fingerprint density at radius 1 is 1.25 bits per heavy atom. The first kappa shape index (κ1) is 15.2. The Labute approximate surface area is 101 Å². The van der Waals surface area contributed by atoms with Crippen LogP contribution in [0.1, 0.15) is 40.0 Å². The van der Waals surface area contributed by atoms with Crippen LogP contribution in [-0.2, 0) is 4.74 Å². The molecule has 0 fully saturated rings. The Hall–Kier alpha value is -0.760. The molecule has 16 heavy (non-hydrogen) atoms. The number of ether oxygens (including phenoxy) is 1. The lowest BCUT2D eigenvalue weighted by atomic mass is 10.0. The molecule has 0 unspecified atom stereocenters. The summed E-state index contributed by atoms with van der Waals surface area (Å²) in [7, 11) is 3.88. The van der Waals surface area contributed by atoms with Gasteiger partial charge >= 0.3 is 0 Å². The van der Waals surface area contributed by atoms with E-state index in [0.29, 0.717) is 0 Å². The Kier molecular flexibility index (Phi) is 9.02. The summed E-state index contributed by atoms with van der Waals surface area (Å²) in [6.45, 7) is 8.01. The van der Waals surface area contributed by atoms with Crippen molar-refractivity contribution in [3.63, 3.8) is 0 Å². The minimum absolute atomic E-state index is 0.804. The molecule has 0 N–H and O–H groups in total. The maximum atomic E-state index is 5.06. The predicted octanol–water partition coefficient (Wildman–Crippen LogP) is 3.60. The van der Waals surface area contributed by atoms with Crippen LogP contribution >= 0.6 is 0 Å². The van der Waals surface area contributed by atoms with E-state index in [1.54, 1.807) is 12.7 Å². The molecule has 2 heteroatoms. The second kappa shape index (κ2) is 9.46. The fourth-order valence-electron chi connectivity index (χ4n) is 1.65. The Bertz CT molecular complexity index is 231. The third-order valence-electron chi connectivity index (χ3n) is 2.79. The van der Waals surface area contributed by atoms with Gasteiger partial charge in [0.1, 0.15) is 0 Å². The molecule has 0 saturated heterocycles. The highest BCUT2D eigenvalue weighted by Gasteiger charge is 2.08. The highest BCUT2D eigenvalue weighted by molar-refractivity contribution is 5.22. The third kappa shape index (κ3) is 5.36. The van der Waals surface area contributed by atoms with Crippen LogP contribution in [0.5, 0.6) is 0 Å². The van der Waals surface area contributed by atoms with Crippen LogP contribution < -0.4 is 0 Å². The van der Waals surface area contributed by atoms with Gasteiger partial charge in [-0.1, -0.05) is 32.4 Å². The minimum Gasteiger partial charge on any atom is -0.383 e. The van der Waals surface area contributed by atoms with Crippen molar-refractivity contribution in [2.45, 2.75) is 40.0 Å². The number of hydrogen-bond donors (Lipinski definition) is 0. The van der Waals surface area contributed by atoms with Gasteiger partial charge in [-0.15, -0.1) is 0 Å². The van der Waals surface area contributed by atoms with E-state index in [9.17, 15) is 0 Å². The molecular formula is C14H27NO. The number of rotatable bonds is 5. The first-order chi connectivity index (χ1) is 7.77. The van der Waals surface area contributed by atoms with Crippen LogP contribution in [0.2, 0.25) is 0 Å². The number of hydrogen-bond acceptors (Lipinski definition) is 2. The van der Waals surface area contributed by atoms with Gasteiger partial charge < -0.3 is 9.64 Å². The van der Waals surface area contributed by atoms with Gasteiger partial charge in [0.15, 0.2) is 0 Å². The van der Waals surface area contributed by atoms with Gasteiger partial charge in [0.2, 0.25) is 0 Å². The Morgan fingerprint density at radius 2 is 1.94 bits per heavy atom. The lowest BCUT2D eigenvalue weighted by Crippen LogP contribution is -2.23. The number of methoxy groups -OCH3 is 1. The number of nitrogens with zero attached hydrogens (tertiary/aromatic N) is 1. The average Bonchev–Trinajstić information content (AvgIpc) is 2.38.